The number of aromatic nitrogens is 2. The molecule has 0 unspecified atom stereocenters. The largest absolute Gasteiger partial charge is 0.507 e. The molecular weight excluding hydrogens is 320 g/mol. The van der Waals surface area contributed by atoms with E-state index in [2.05, 4.69) is 10.1 Å². The third kappa shape index (κ3) is 3.27. The molecule has 1 heterocycles. The van der Waals surface area contributed by atoms with Crippen molar-refractivity contribution in [2.24, 2.45) is 0 Å². The Morgan fingerprint density at radius 2 is 1.88 bits per heavy atom. The Morgan fingerprint density at radius 1 is 1.12 bits per heavy atom. The summed E-state index contributed by atoms with van der Waals surface area (Å²) in [7, 11) is 5.64. The quantitative estimate of drug-likeness (QED) is 0.751. The zero-order valence-electron chi connectivity index (χ0n) is 12.2. The molecule has 0 aliphatic carbocycles. The molecule has 0 aliphatic rings. The van der Waals surface area contributed by atoms with Crippen molar-refractivity contribution < 1.29 is 22.8 Å². The van der Waals surface area contributed by atoms with Crippen molar-refractivity contribution in [3.63, 3.8) is 0 Å². The Hall–Kier alpha value is -2.77. The Balaban J connectivity index is 1.92. The molecule has 0 atom stereocenters. The van der Waals surface area contributed by atoms with Crippen LogP contribution in [0.2, 0.25) is 0 Å². The molecule has 1 N–H and O–H groups in total. The van der Waals surface area contributed by atoms with Crippen LogP contribution in [0.5, 0.6) is 5.75 Å². The highest BCUT2D eigenvalue weighted by Crippen LogP contribution is 2.33. The molecule has 8 heteroatoms. The predicted molar refractivity (Wildman–Crippen MR) is 81.0 cm³/mol. The second kappa shape index (κ2) is 6.03. The van der Waals surface area contributed by atoms with Crippen molar-refractivity contribution >= 4 is 13.3 Å². The molecule has 0 spiro atoms. The van der Waals surface area contributed by atoms with Gasteiger partial charge in [-0.15, -0.1) is 0 Å². The first-order valence-electron chi connectivity index (χ1n) is 6.91. The summed E-state index contributed by atoms with van der Waals surface area (Å²) in [6.45, 7) is 0. The summed E-state index contributed by atoms with van der Waals surface area (Å²) in [5.74, 6) is -0.0575. The van der Waals surface area contributed by atoms with Crippen LogP contribution in [0.4, 0.5) is 13.2 Å². The van der Waals surface area contributed by atoms with Crippen molar-refractivity contribution in [3.05, 3.63) is 59.4 Å². The van der Waals surface area contributed by atoms with Gasteiger partial charge < -0.3 is 9.63 Å². The van der Waals surface area contributed by atoms with Crippen LogP contribution >= 0.6 is 0 Å². The number of hydrogen-bond acceptors (Lipinski definition) is 4. The maximum Gasteiger partial charge on any atom is 0.416 e. The maximum atomic E-state index is 13.0. The summed E-state index contributed by atoms with van der Waals surface area (Å²) in [4.78, 5) is 4.04. The van der Waals surface area contributed by atoms with E-state index in [1.165, 1.54) is 36.4 Å². The van der Waals surface area contributed by atoms with Gasteiger partial charge in [-0.3, -0.25) is 0 Å². The fourth-order valence-electron chi connectivity index (χ4n) is 2.28. The minimum absolute atomic E-state index is 0.0145. The first-order valence-corrected chi connectivity index (χ1v) is 6.91. The maximum absolute atomic E-state index is 13.0. The van der Waals surface area contributed by atoms with E-state index in [0.717, 1.165) is 6.07 Å². The van der Waals surface area contributed by atoms with Crippen LogP contribution in [0.1, 0.15) is 17.0 Å². The van der Waals surface area contributed by atoms with Crippen LogP contribution in [-0.2, 0) is 12.6 Å². The number of phenols is 1. The zero-order chi connectivity index (χ0) is 17.3. The fourth-order valence-corrected chi connectivity index (χ4v) is 2.28. The van der Waals surface area contributed by atoms with Crippen molar-refractivity contribution in [1.82, 2.24) is 10.1 Å². The number of aromatic hydroxyl groups is 1. The van der Waals surface area contributed by atoms with Crippen LogP contribution in [0.15, 0.2) is 47.0 Å². The normalized spacial score (nSPS) is 11.6. The smallest absolute Gasteiger partial charge is 0.416 e. The number of rotatable bonds is 3. The standard InChI is InChI=1S/C16H10BF3N2O2/c17-10-5-6-13(23)11(8-10)15-21-14(22-24-15)7-9-3-1-2-4-12(9)16(18,19)20/h1-6,8,23H,7H2. The number of nitrogens with zero attached hydrogens (tertiary/aromatic N) is 2. The molecule has 0 saturated carbocycles. The van der Waals surface area contributed by atoms with E-state index in [-0.39, 0.29) is 35.0 Å². The fraction of sp³-hybridized carbons (Fsp3) is 0.125. The Kier molecular flexibility index (Phi) is 4.05. The first-order chi connectivity index (χ1) is 11.3. The average molecular weight is 330 g/mol. The second-order valence-corrected chi connectivity index (χ2v) is 5.12. The number of benzene rings is 2. The molecule has 0 amide bonds. The lowest BCUT2D eigenvalue weighted by molar-refractivity contribution is -0.138. The van der Waals surface area contributed by atoms with E-state index in [9.17, 15) is 18.3 Å². The van der Waals surface area contributed by atoms with Gasteiger partial charge in [-0.05, 0) is 17.7 Å². The molecule has 0 fully saturated rings. The van der Waals surface area contributed by atoms with Gasteiger partial charge in [0.25, 0.3) is 5.89 Å². The number of halogens is 3. The topological polar surface area (TPSA) is 59.2 Å². The van der Waals surface area contributed by atoms with E-state index in [0.29, 0.717) is 5.46 Å². The summed E-state index contributed by atoms with van der Waals surface area (Å²) < 4.78 is 44.0. The van der Waals surface area contributed by atoms with Crippen LogP contribution < -0.4 is 5.46 Å². The second-order valence-electron chi connectivity index (χ2n) is 5.12. The monoisotopic (exact) mass is 330 g/mol. The van der Waals surface area contributed by atoms with E-state index >= 15 is 0 Å². The highest BCUT2D eigenvalue weighted by atomic mass is 19.4. The average Bonchev–Trinajstić information content (AvgIpc) is 2.97. The zero-order valence-corrected chi connectivity index (χ0v) is 12.2. The molecular formula is C16H10BF3N2O2. The molecule has 4 nitrogen and oxygen atoms in total. The van der Waals surface area contributed by atoms with Crippen LogP contribution in [0.25, 0.3) is 11.5 Å². The van der Waals surface area contributed by atoms with Gasteiger partial charge in [0.1, 0.15) is 13.6 Å². The highest BCUT2D eigenvalue weighted by Gasteiger charge is 2.33. The van der Waals surface area contributed by atoms with E-state index in [4.69, 9.17) is 12.4 Å². The van der Waals surface area contributed by atoms with Gasteiger partial charge in [-0.25, -0.2) is 0 Å². The predicted octanol–water partition coefficient (Wildman–Crippen LogP) is 2.85. The van der Waals surface area contributed by atoms with E-state index in [1.54, 1.807) is 0 Å². The lowest BCUT2D eigenvalue weighted by Crippen LogP contribution is -2.09. The Bertz CT molecular complexity index is 878. The molecule has 2 radical (unpaired) electrons. The van der Waals surface area contributed by atoms with Gasteiger partial charge in [-0.2, -0.15) is 18.2 Å². The summed E-state index contributed by atoms with van der Waals surface area (Å²) in [5.41, 5.74) is -0.111. The minimum Gasteiger partial charge on any atom is -0.507 e. The molecule has 3 rings (SSSR count). The molecule has 120 valence electrons. The molecule has 24 heavy (non-hydrogen) atoms. The van der Waals surface area contributed by atoms with Gasteiger partial charge in [0.05, 0.1) is 11.1 Å². The third-order valence-electron chi connectivity index (χ3n) is 3.39. The van der Waals surface area contributed by atoms with Gasteiger partial charge in [-0.1, -0.05) is 41.0 Å². The molecule has 3 aromatic rings. The van der Waals surface area contributed by atoms with Crippen LogP contribution in [0, 0.1) is 0 Å². The van der Waals surface area contributed by atoms with Crippen molar-refractivity contribution in [1.29, 1.82) is 0 Å². The SMILES string of the molecule is [B]c1ccc(O)c(-c2nc(Cc3ccccc3C(F)(F)F)no2)c1. The molecule has 0 aliphatic heterocycles. The Morgan fingerprint density at radius 3 is 2.62 bits per heavy atom. The summed E-state index contributed by atoms with van der Waals surface area (Å²) in [6, 6.07) is 9.49. The molecule has 1 aromatic heterocycles. The van der Waals surface area contributed by atoms with Gasteiger partial charge in [0.2, 0.25) is 0 Å². The van der Waals surface area contributed by atoms with Crippen molar-refractivity contribution in [2.75, 3.05) is 0 Å². The molecule has 2 aromatic carbocycles. The van der Waals surface area contributed by atoms with Gasteiger partial charge in [0, 0.05) is 6.42 Å². The number of alkyl halides is 3. The number of hydrogen-bond donors (Lipinski definition) is 1. The van der Waals surface area contributed by atoms with E-state index < -0.39 is 11.7 Å². The van der Waals surface area contributed by atoms with Crippen molar-refractivity contribution in [2.45, 2.75) is 12.6 Å². The number of phenolic OH excluding ortho intramolecular Hbond substituents is 1. The van der Waals surface area contributed by atoms with E-state index in [1.807, 2.05) is 0 Å². The highest BCUT2D eigenvalue weighted by molar-refractivity contribution is 6.32. The Labute approximate surface area is 136 Å². The molecule has 0 bridgehead atoms. The summed E-state index contributed by atoms with van der Waals surface area (Å²) >= 11 is 0. The van der Waals surface area contributed by atoms with Crippen LogP contribution in [0.3, 0.4) is 0 Å². The summed E-state index contributed by atoms with van der Waals surface area (Å²) in [5, 5.41) is 13.5. The third-order valence-corrected chi connectivity index (χ3v) is 3.39. The summed E-state index contributed by atoms with van der Waals surface area (Å²) in [6.07, 6.45) is -4.61. The first kappa shape index (κ1) is 16.1. The van der Waals surface area contributed by atoms with Crippen molar-refractivity contribution in [3.8, 4) is 17.2 Å². The lowest BCUT2D eigenvalue weighted by Gasteiger charge is -2.10. The van der Waals surface area contributed by atoms with Crippen LogP contribution in [-0.4, -0.2) is 23.1 Å². The minimum atomic E-state index is -4.46. The lowest BCUT2D eigenvalue weighted by atomic mass is 9.94. The van der Waals surface area contributed by atoms with Gasteiger partial charge in [0.15, 0.2) is 5.82 Å². The molecule has 0 saturated heterocycles. The van der Waals surface area contributed by atoms with Gasteiger partial charge >= 0.3 is 6.18 Å².